The van der Waals surface area contributed by atoms with Gasteiger partial charge in [0.25, 0.3) is 0 Å². The second kappa shape index (κ2) is 5.36. The Morgan fingerprint density at radius 1 is 1.53 bits per heavy atom. The van der Waals surface area contributed by atoms with Gasteiger partial charge in [-0.2, -0.15) is 0 Å². The van der Waals surface area contributed by atoms with E-state index >= 15 is 0 Å². The highest BCUT2D eigenvalue weighted by Crippen LogP contribution is 2.27. The van der Waals surface area contributed by atoms with Crippen molar-refractivity contribution in [1.82, 2.24) is 10.2 Å². The molecule has 4 nitrogen and oxygen atoms in total. The van der Waals surface area contributed by atoms with Crippen LogP contribution in [-0.2, 0) is 4.79 Å². The monoisotopic (exact) mass is 240 g/mol. The third-order valence-corrected chi connectivity index (χ3v) is 3.90. The zero-order chi connectivity index (χ0) is 12.3. The van der Waals surface area contributed by atoms with Gasteiger partial charge in [0.15, 0.2) is 0 Å². The fraction of sp³-hybridized carbons (Fsp3) is 0.923. The summed E-state index contributed by atoms with van der Waals surface area (Å²) in [7, 11) is 0. The molecular formula is C13H24N2O2. The molecule has 2 saturated heterocycles. The van der Waals surface area contributed by atoms with Crippen molar-refractivity contribution >= 4 is 5.91 Å². The molecule has 17 heavy (non-hydrogen) atoms. The summed E-state index contributed by atoms with van der Waals surface area (Å²) in [5.74, 6) is 0.718. The minimum absolute atomic E-state index is 0.222. The van der Waals surface area contributed by atoms with E-state index in [9.17, 15) is 9.90 Å². The highest BCUT2D eigenvalue weighted by Gasteiger charge is 2.42. The quantitative estimate of drug-likeness (QED) is 0.762. The van der Waals surface area contributed by atoms with Crippen molar-refractivity contribution in [2.75, 3.05) is 26.2 Å². The van der Waals surface area contributed by atoms with Gasteiger partial charge < -0.3 is 15.3 Å². The SMILES string of the molecule is CCCC1(O)CN(C(=O)CC2CCCNC2)C1. The summed E-state index contributed by atoms with van der Waals surface area (Å²) < 4.78 is 0. The Bertz CT molecular complexity index is 269. The molecule has 0 aromatic carbocycles. The number of nitrogens with one attached hydrogen (secondary N) is 1. The summed E-state index contributed by atoms with van der Waals surface area (Å²) in [6, 6.07) is 0. The van der Waals surface area contributed by atoms with Crippen LogP contribution in [0.25, 0.3) is 0 Å². The van der Waals surface area contributed by atoms with E-state index in [1.165, 1.54) is 6.42 Å². The zero-order valence-electron chi connectivity index (χ0n) is 10.7. The van der Waals surface area contributed by atoms with Crippen molar-refractivity contribution in [3.8, 4) is 0 Å². The number of piperidine rings is 1. The summed E-state index contributed by atoms with van der Waals surface area (Å²) in [6.45, 7) is 5.21. The van der Waals surface area contributed by atoms with E-state index in [2.05, 4.69) is 12.2 Å². The molecule has 0 bridgehead atoms. The van der Waals surface area contributed by atoms with Gasteiger partial charge in [-0.15, -0.1) is 0 Å². The largest absolute Gasteiger partial charge is 0.386 e. The number of nitrogens with zero attached hydrogens (tertiary/aromatic N) is 1. The maximum Gasteiger partial charge on any atom is 0.223 e. The molecule has 2 rings (SSSR count). The average molecular weight is 240 g/mol. The van der Waals surface area contributed by atoms with E-state index in [0.29, 0.717) is 25.4 Å². The molecule has 0 saturated carbocycles. The highest BCUT2D eigenvalue weighted by molar-refractivity contribution is 5.77. The number of carbonyl (C=O) groups excluding carboxylic acids is 1. The van der Waals surface area contributed by atoms with Gasteiger partial charge in [-0.1, -0.05) is 13.3 Å². The third-order valence-electron chi connectivity index (χ3n) is 3.90. The summed E-state index contributed by atoms with van der Waals surface area (Å²) >= 11 is 0. The smallest absolute Gasteiger partial charge is 0.223 e. The standard InChI is InChI=1S/C13H24N2O2/c1-2-5-13(17)9-15(10-13)12(16)7-11-4-3-6-14-8-11/h11,14,17H,2-10H2,1H3. The van der Waals surface area contributed by atoms with Gasteiger partial charge in [-0.05, 0) is 38.3 Å². The van der Waals surface area contributed by atoms with Crippen LogP contribution >= 0.6 is 0 Å². The number of aliphatic hydroxyl groups is 1. The maximum atomic E-state index is 12.0. The Kier molecular flexibility index (Phi) is 4.05. The molecule has 1 atom stereocenters. The normalized spacial score (nSPS) is 27.6. The summed E-state index contributed by atoms with van der Waals surface area (Å²) in [5, 5.41) is 13.4. The molecule has 98 valence electrons. The number of amides is 1. The number of β-amino-alcohol motifs (C(OH)–C–C–N with tert-alkyl or cyclic N) is 1. The number of hydrogen-bond donors (Lipinski definition) is 2. The average Bonchev–Trinajstić information content (AvgIpc) is 2.27. The lowest BCUT2D eigenvalue weighted by molar-refractivity contribution is -0.157. The van der Waals surface area contributed by atoms with Crippen LogP contribution < -0.4 is 5.32 Å². The van der Waals surface area contributed by atoms with Gasteiger partial charge in [-0.3, -0.25) is 4.79 Å². The number of likely N-dealkylation sites (tertiary alicyclic amines) is 1. The molecule has 0 aromatic heterocycles. The molecule has 1 unspecified atom stereocenters. The molecule has 2 heterocycles. The Balaban J connectivity index is 1.71. The van der Waals surface area contributed by atoms with E-state index in [4.69, 9.17) is 0 Å². The van der Waals surface area contributed by atoms with Gasteiger partial charge in [0.1, 0.15) is 0 Å². The lowest BCUT2D eigenvalue weighted by Gasteiger charge is -2.47. The summed E-state index contributed by atoms with van der Waals surface area (Å²) in [6.07, 6.45) is 4.77. The fourth-order valence-electron chi connectivity index (χ4n) is 2.94. The molecule has 0 radical (unpaired) electrons. The Morgan fingerprint density at radius 3 is 2.88 bits per heavy atom. The first kappa shape index (κ1) is 12.8. The van der Waals surface area contributed by atoms with Crippen molar-refractivity contribution in [3.63, 3.8) is 0 Å². The van der Waals surface area contributed by atoms with Crippen LogP contribution in [0.4, 0.5) is 0 Å². The minimum atomic E-state index is -0.588. The molecule has 2 fully saturated rings. The van der Waals surface area contributed by atoms with Gasteiger partial charge >= 0.3 is 0 Å². The van der Waals surface area contributed by atoms with E-state index in [-0.39, 0.29) is 5.91 Å². The topological polar surface area (TPSA) is 52.6 Å². The number of rotatable bonds is 4. The van der Waals surface area contributed by atoms with Crippen LogP contribution in [0.2, 0.25) is 0 Å². The molecule has 4 heteroatoms. The van der Waals surface area contributed by atoms with Crippen molar-refractivity contribution in [2.45, 2.75) is 44.6 Å². The Morgan fingerprint density at radius 2 is 2.29 bits per heavy atom. The van der Waals surface area contributed by atoms with Gasteiger partial charge in [-0.25, -0.2) is 0 Å². The lowest BCUT2D eigenvalue weighted by Crippen LogP contribution is -2.63. The fourth-order valence-corrected chi connectivity index (χ4v) is 2.94. The maximum absolute atomic E-state index is 12.0. The van der Waals surface area contributed by atoms with E-state index < -0.39 is 5.60 Å². The van der Waals surface area contributed by atoms with Crippen LogP contribution in [0.5, 0.6) is 0 Å². The van der Waals surface area contributed by atoms with Gasteiger partial charge in [0.05, 0.1) is 18.7 Å². The highest BCUT2D eigenvalue weighted by atomic mass is 16.3. The molecule has 2 aliphatic heterocycles. The minimum Gasteiger partial charge on any atom is -0.386 e. The van der Waals surface area contributed by atoms with Gasteiger partial charge in [0, 0.05) is 6.42 Å². The van der Waals surface area contributed by atoms with Crippen molar-refractivity contribution in [3.05, 3.63) is 0 Å². The summed E-state index contributed by atoms with van der Waals surface area (Å²) in [4.78, 5) is 13.8. The zero-order valence-corrected chi connectivity index (χ0v) is 10.7. The van der Waals surface area contributed by atoms with E-state index in [1.54, 1.807) is 0 Å². The first-order valence-corrected chi connectivity index (χ1v) is 6.84. The van der Waals surface area contributed by atoms with Crippen LogP contribution in [0.15, 0.2) is 0 Å². The molecule has 1 amide bonds. The second-order valence-corrected chi connectivity index (χ2v) is 5.64. The lowest BCUT2D eigenvalue weighted by atomic mass is 9.87. The molecule has 0 spiro atoms. The molecule has 0 aromatic rings. The predicted molar refractivity (Wildman–Crippen MR) is 66.6 cm³/mol. The summed E-state index contributed by atoms with van der Waals surface area (Å²) in [5.41, 5.74) is -0.588. The van der Waals surface area contributed by atoms with Crippen molar-refractivity contribution in [1.29, 1.82) is 0 Å². The van der Waals surface area contributed by atoms with Crippen LogP contribution in [-0.4, -0.2) is 47.7 Å². The Labute approximate surface area is 103 Å². The van der Waals surface area contributed by atoms with Crippen molar-refractivity contribution < 1.29 is 9.90 Å². The molecule has 0 aliphatic carbocycles. The van der Waals surface area contributed by atoms with E-state index in [0.717, 1.165) is 32.4 Å². The van der Waals surface area contributed by atoms with Crippen LogP contribution in [0, 0.1) is 5.92 Å². The van der Waals surface area contributed by atoms with Crippen molar-refractivity contribution in [2.24, 2.45) is 5.92 Å². The third kappa shape index (κ3) is 3.19. The number of carbonyl (C=O) groups is 1. The molecule has 2 N–H and O–H groups in total. The molecular weight excluding hydrogens is 216 g/mol. The van der Waals surface area contributed by atoms with Crippen LogP contribution in [0.1, 0.15) is 39.0 Å². The number of hydrogen-bond acceptors (Lipinski definition) is 3. The second-order valence-electron chi connectivity index (χ2n) is 5.64. The Hall–Kier alpha value is -0.610. The molecule has 2 aliphatic rings. The first-order valence-electron chi connectivity index (χ1n) is 6.84. The van der Waals surface area contributed by atoms with Crippen LogP contribution in [0.3, 0.4) is 0 Å². The predicted octanol–water partition coefficient (Wildman–Crippen LogP) is 0.749. The van der Waals surface area contributed by atoms with E-state index in [1.807, 2.05) is 4.90 Å². The van der Waals surface area contributed by atoms with Gasteiger partial charge in [0.2, 0.25) is 5.91 Å². The first-order chi connectivity index (χ1) is 8.13.